The lowest BCUT2D eigenvalue weighted by Crippen LogP contribution is -3.04. The number of aryl methyl sites for hydroxylation is 1. The molecule has 1 aromatic carbocycles. The first kappa shape index (κ1) is 9.98. The summed E-state index contributed by atoms with van der Waals surface area (Å²) in [6, 6.07) is 3.58. The molecule has 15 heavy (non-hydrogen) atoms. The molecule has 2 aromatic rings. The Morgan fingerprint density at radius 2 is 2.13 bits per heavy atom. The van der Waals surface area contributed by atoms with Crippen LogP contribution in [0.2, 0.25) is 0 Å². The van der Waals surface area contributed by atoms with Gasteiger partial charge in [0.25, 0.3) is 0 Å². The van der Waals surface area contributed by atoms with Crippen LogP contribution in [0.3, 0.4) is 0 Å². The summed E-state index contributed by atoms with van der Waals surface area (Å²) < 4.78 is 0. The second kappa shape index (κ2) is 3.55. The lowest BCUT2D eigenvalue weighted by Gasteiger charge is -2.09. The molecule has 3 N–H and O–H groups in total. The van der Waals surface area contributed by atoms with Gasteiger partial charge >= 0.3 is 0 Å². The van der Waals surface area contributed by atoms with E-state index in [4.69, 9.17) is 0 Å². The van der Waals surface area contributed by atoms with Crippen molar-refractivity contribution in [2.45, 2.75) is 13.5 Å². The van der Waals surface area contributed by atoms with Gasteiger partial charge in [-0.25, -0.2) is 4.98 Å². The molecule has 0 bridgehead atoms. The molecule has 2 rings (SSSR count). The first-order chi connectivity index (χ1) is 7.08. The van der Waals surface area contributed by atoms with Crippen LogP contribution in [0, 0.1) is 6.92 Å². The average Bonchev–Trinajstić information content (AvgIpc) is 2.51. The highest BCUT2D eigenvalue weighted by Crippen LogP contribution is 2.24. The zero-order valence-corrected chi connectivity index (χ0v) is 9.26. The number of benzene rings is 1. The zero-order valence-electron chi connectivity index (χ0n) is 9.26. The van der Waals surface area contributed by atoms with Gasteiger partial charge in [-0.1, -0.05) is 0 Å². The highest BCUT2D eigenvalue weighted by molar-refractivity contribution is 5.81. The van der Waals surface area contributed by atoms with E-state index >= 15 is 0 Å². The number of aromatic nitrogens is 2. The van der Waals surface area contributed by atoms with Crippen LogP contribution in [0.1, 0.15) is 11.4 Å². The summed E-state index contributed by atoms with van der Waals surface area (Å²) in [4.78, 5) is 8.83. The highest BCUT2D eigenvalue weighted by atomic mass is 16.3. The molecule has 0 aliphatic rings. The number of imidazole rings is 1. The molecule has 0 aliphatic carbocycles. The molecule has 1 aromatic heterocycles. The van der Waals surface area contributed by atoms with E-state index in [9.17, 15) is 5.11 Å². The van der Waals surface area contributed by atoms with Crippen molar-refractivity contribution in [3.05, 3.63) is 23.5 Å². The van der Waals surface area contributed by atoms with Crippen molar-refractivity contribution in [2.24, 2.45) is 0 Å². The fourth-order valence-corrected chi connectivity index (χ4v) is 1.77. The minimum absolute atomic E-state index is 0.329. The molecule has 0 spiro atoms. The Morgan fingerprint density at radius 1 is 1.40 bits per heavy atom. The quantitative estimate of drug-likeness (QED) is 0.658. The summed E-state index contributed by atoms with van der Waals surface area (Å²) in [5.74, 6) is 1.21. The van der Waals surface area contributed by atoms with E-state index < -0.39 is 0 Å². The predicted octanol–water partition coefficient (Wildman–Crippen LogP) is 0.221. The van der Waals surface area contributed by atoms with Crippen LogP contribution in [0.15, 0.2) is 12.1 Å². The van der Waals surface area contributed by atoms with Gasteiger partial charge in [-0.3, -0.25) is 0 Å². The van der Waals surface area contributed by atoms with Crippen LogP contribution in [-0.4, -0.2) is 29.2 Å². The fraction of sp³-hybridized carbons (Fsp3) is 0.364. The van der Waals surface area contributed by atoms with Crippen molar-refractivity contribution in [1.82, 2.24) is 9.97 Å². The Bertz CT molecular complexity index is 488. The van der Waals surface area contributed by atoms with Crippen molar-refractivity contribution in [2.75, 3.05) is 14.1 Å². The van der Waals surface area contributed by atoms with Crippen molar-refractivity contribution in [1.29, 1.82) is 0 Å². The van der Waals surface area contributed by atoms with Gasteiger partial charge in [0.2, 0.25) is 0 Å². The van der Waals surface area contributed by atoms with Gasteiger partial charge in [0.15, 0.2) is 0 Å². The molecule has 0 radical (unpaired) electrons. The normalized spacial score (nSPS) is 11.5. The van der Waals surface area contributed by atoms with Gasteiger partial charge < -0.3 is 15.0 Å². The Balaban J connectivity index is 2.62. The Labute approximate surface area is 88.6 Å². The molecule has 0 saturated heterocycles. The third-order valence-electron chi connectivity index (χ3n) is 2.38. The molecule has 0 amide bonds. The number of aromatic hydroxyl groups is 1. The van der Waals surface area contributed by atoms with Crippen molar-refractivity contribution < 1.29 is 10.0 Å². The van der Waals surface area contributed by atoms with E-state index in [0.29, 0.717) is 5.75 Å². The third kappa shape index (κ3) is 1.80. The lowest BCUT2D eigenvalue weighted by molar-refractivity contribution is -0.872. The van der Waals surface area contributed by atoms with Crippen LogP contribution in [0.5, 0.6) is 5.75 Å². The maximum Gasteiger partial charge on any atom is 0.126 e. The van der Waals surface area contributed by atoms with Crippen LogP contribution >= 0.6 is 0 Å². The molecule has 0 saturated carbocycles. The lowest BCUT2D eigenvalue weighted by atomic mass is 10.1. The molecular weight excluding hydrogens is 190 g/mol. The van der Waals surface area contributed by atoms with Crippen molar-refractivity contribution in [3.8, 4) is 5.75 Å². The SMILES string of the molecule is Cc1nc2c(C[NH+](C)C)c(O)ccc2[nH]1. The average molecular weight is 206 g/mol. The van der Waals surface area contributed by atoms with Crippen LogP contribution in [0.25, 0.3) is 11.0 Å². The number of hydrogen-bond acceptors (Lipinski definition) is 2. The molecule has 0 unspecified atom stereocenters. The molecule has 4 heteroatoms. The van der Waals surface area contributed by atoms with Gasteiger partial charge in [0.05, 0.1) is 25.2 Å². The molecular formula is C11H16N3O+. The number of aromatic amines is 1. The first-order valence-electron chi connectivity index (χ1n) is 5.04. The molecule has 0 aliphatic heterocycles. The van der Waals surface area contributed by atoms with E-state index in [1.807, 2.05) is 13.0 Å². The molecule has 1 heterocycles. The molecule has 0 atom stereocenters. The third-order valence-corrected chi connectivity index (χ3v) is 2.38. The van der Waals surface area contributed by atoms with Crippen LogP contribution < -0.4 is 4.90 Å². The highest BCUT2D eigenvalue weighted by Gasteiger charge is 2.12. The summed E-state index contributed by atoms with van der Waals surface area (Å²) >= 11 is 0. The number of phenols is 1. The zero-order chi connectivity index (χ0) is 11.0. The summed E-state index contributed by atoms with van der Waals surface area (Å²) in [5, 5.41) is 9.80. The minimum atomic E-state index is 0.329. The number of phenolic OH excluding ortho intramolecular Hbond substituents is 1. The van der Waals surface area contributed by atoms with Crippen molar-refractivity contribution in [3.63, 3.8) is 0 Å². The number of rotatable bonds is 2. The monoisotopic (exact) mass is 206 g/mol. The molecule has 80 valence electrons. The van der Waals surface area contributed by atoms with E-state index in [-0.39, 0.29) is 0 Å². The van der Waals surface area contributed by atoms with Gasteiger partial charge in [-0.2, -0.15) is 0 Å². The second-order valence-electron chi connectivity index (χ2n) is 4.17. The van der Waals surface area contributed by atoms with Gasteiger partial charge in [-0.05, 0) is 19.1 Å². The molecule has 0 fully saturated rings. The van der Waals surface area contributed by atoms with E-state index in [0.717, 1.165) is 29.0 Å². The predicted molar refractivity (Wildman–Crippen MR) is 59.0 cm³/mol. The topological polar surface area (TPSA) is 53.4 Å². The van der Waals surface area contributed by atoms with E-state index in [1.54, 1.807) is 6.07 Å². The Hall–Kier alpha value is -1.55. The standard InChI is InChI=1S/C11H15N3O/c1-7-12-9-4-5-10(15)8(6-14(2)3)11(9)13-7/h4-5,15H,6H2,1-3H3,(H,12,13)/p+1. The maximum atomic E-state index is 9.80. The number of nitrogens with zero attached hydrogens (tertiary/aromatic N) is 1. The van der Waals surface area contributed by atoms with Gasteiger partial charge in [-0.15, -0.1) is 0 Å². The maximum absolute atomic E-state index is 9.80. The molecule has 4 nitrogen and oxygen atoms in total. The fourth-order valence-electron chi connectivity index (χ4n) is 1.77. The summed E-state index contributed by atoms with van der Waals surface area (Å²) in [7, 11) is 4.11. The number of hydrogen-bond donors (Lipinski definition) is 3. The smallest absolute Gasteiger partial charge is 0.126 e. The largest absolute Gasteiger partial charge is 0.507 e. The summed E-state index contributed by atoms with van der Waals surface area (Å²) in [6.07, 6.45) is 0. The Morgan fingerprint density at radius 3 is 2.80 bits per heavy atom. The minimum Gasteiger partial charge on any atom is -0.507 e. The van der Waals surface area contributed by atoms with Crippen LogP contribution in [0.4, 0.5) is 0 Å². The van der Waals surface area contributed by atoms with E-state index in [2.05, 4.69) is 24.1 Å². The number of quaternary nitrogens is 1. The summed E-state index contributed by atoms with van der Waals surface area (Å²) in [5.41, 5.74) is 2.78. The number of nitrogens with one attached hydrogen (secondary N) is 2. The van der Waals surface area contributed by atoms with E-state index in [1.165, 1.54) is 4.90 Å². The van der Waals surface area contributed by atoms with Crippen molar-refractivity contribution >= 4 is 11.0 Å². The Kier molecular flexibility index (Phi) is 2.36. The van der Waals surface area contributed by atoms with Crippen LogP contribution in [-0.2, 0) is 6.54 Å². The van der Waals surface area contributed by atoms with Gasteiger partial charge in [0, 0.05) is 0 Å². The second-order valence-corrected chi connectivity index (χ2v) is 4.17. The first-order valence-corrected chi connectivity index (χ1v) is 5.04. The number of H-pyrrole nitrogens is 1. The number of fused-ring (bicyclic) bond motifs is 1. The van der Waals surface area contributed by atoms with Gasteiger partial charge in [0.1, 0.15) is 23.6 Å². The summed E-state index contributed by atoms with van der Waals surface area (Å²) in [6.45, 7) is 2.69.